The zero-order valence-corrected chi connectivity index (χ0v) is 19.2. The van der Waals surface area contributed by atoms with Crippen LogP contribution in [0.25, 0.3) is 44.0 Å². The summed E-state index contributed by atoms with van der Waals surface area (Å²) < 4.78 is 7.15. The maximum atomic E-state index is 9.09. The lowest BCUT2D eigenvalue weighted by Gasteiger charge is -2.17. The second kappa shape index (κ2) is 6.82. The lowest BCUT2D eigenvalue weighted by molar-refractivity contribution is 0.641. The van der Waals surface area contributed by atoms with E-state index in [2.05, 4.69) is 33.5 Å². The van der Waals surface area contributed by atoms with Crippen molar-refractivity contribution in [3.05, 3.63) is 45.0 Å². The van der Waals surface area contributed by atoms with Gasteiger partial charge in [0.1, 0.15) is 17.8 Å². The Balaban J connectivity index is 1.68. The number of hydrogen-bond acceptors (Lipinski definition) is 8. The van der Waals surface area contributed by atoms with Crippen molar-refractivity contribution in [1.29, 1.82) is 10.5 Å². The van der Waals surface area contributed by atoms with E-state index in [-0.39, 0.29) is 11.7 Å². The largest absolute Gasteiger partial charge is 0.351 e. The molecule has 1 aliphatic rings. The Kier molecular flexibility index (Phi) is 4.31. The van der Waals surface area contributed by atoms with Crippen LogP contribution in [0.4, 0.5) is 5.00 Å². The Labute approximate surface area is 192 Å². The molecule has 0 bridgehead atoms. The molecule has 5 rings (SSSR count). The molecule has 0 fully saturated rings. The van der Waals surface area contributed by atoms with Crippen LogP contribution in [0, 0.1) is 35.8 Å². The average Bonchev–Trinajstić information content (AvgIpc) is 3.49. The van der Waals surface area contributed by atoms with Gasteiger partial charge in [-0.1, -0.05) is 29.5 Å². The van der Waals surface area contributed by atoms with Crippen LogP contribution < -0.4 is 0 Å². The van der Waals surface area contributed by atoms with Gasteiger partial charge in [-0.2, -0.15) is 0 Å². The molecular formula is C21H8N6S4. The molecule has 0 unspecified atom stereocenters. The number of nitrogens with zero attached hydrogens (tertiary/aromatic N) is 6. The molecule has 0 radical (unpaired) electrons. The Morgan fingerprint density at radius 3 is 2.23 bits per heavy atom. The number of nitriles is 2. The Morgan fingerprint density at radius 2 is 1.55 bits per heavy atom. The van der Waals surface area contributed by atoms with Gasteiger partial charge in [0.2, 0.25) is 5.00 Å². The standard InChI is InChI=1S/C21H8N6S4/c1-21(2)11(26-12(7-22)24-3)5-9-15(21)17-19(28-9)20-18(31-17)16-10(29-20)6-14(30-16)27-13(8-23)25-4/h5-6H,1-2H3. The minimum absolute atomic E-state index is 0.151. The first-order valence-corrected chi connectivity index (χ1v) is 12.0. The fourth-order valence-electron chi connectivity index (χ4n) is 3.60. The molecule has 0 aromatic carbocycles. The molecule has 4 aromatic heterocycles. The summed E-state index contributed by atoms with van der Waals surface area (Å²) in [5, 5.41) is 18.7. The second-order valence-electron chi connectivity index (χ2n) is 7.11. The number of fused-ring (bicyclic) bond motifs is 7. The molecule has 0 saturated heterocycles. The van der Waals surface area contributed by atoms with Crippen molar-refractivity contribution in [2.24, 2.45) is 9.98 Å². The van der Waals surface area contributed by atoms with E-state index in [1.807, 2.05) is 24.3 Å². The zero-order chi connectivity index (χ0) is 21.9. The van der Waals surface area contributed by atoms with Gasteiger partial charge in [-0.3, -0.25) is 0 Å². The molecular weight excluding hydrogens is 465 g/mol. The third kappa shape index (κ3) is 2.75. The van der Waals surface area contributed by atoms with Crippen molar-refractivity contribution in [3.63, 3.8) is 0 Å². The summed E-state index contributed by atoms with van der Waals surface area (Å²) >= 11 is 6.66. The van der Waals surface area contributed by atoms with Gasteiger partial charge in [0, 0.05) is 22.6 Å². The monoisotopic (exact) mass is 472 g/mol. The molecule has 31 heavy (non-hydrogen) atoms. The van der Waals surface area contributed by atoms with Crippen LogP contribution in [-0.2, 0) is 5.41 Å². The van der Waals surface area contributed by atoms with Gasteiger partial charge in [-0.25, -0.2) is 10.5 Å². The fraction of sp³-hybridized carbons (Fsp3) is 0.143. The summed E-state index contributed by atoms with van der Waals surface area (Å²) in [4.78, 5) is 15.9. The first-order chi connectivity index (χ1) is 14.9. The van der Waals surface area contributed by atoms with Crippen LogP contribution in [0.1, 0.15) is 24.3 Å². The van der Waals surface area contributed by atoms with E-state index < -0.39 is 5.41 Å². The number of rotatable bonds is 2. The third-order valence-corrected chi connectivity index (χ3v) is 10.2. The van der Waals surface area contributed by atoms with Gasteiger partial charge in [-0.15, -0.1) is 39.0 Å². The Bertz CT molecular complexity index is 1670. The van der Waals surface area contributed by atoms with Crippen LogP contribution in [0.3, 0.4) is 0 Å². The van der Waals surface area contributed by atoms with Gasteiger partial charge in [0.05, 0.1) is 33.6 Å². The smallest absolute Gasteiger partial charge is 0.350 e. The van der Waals surface area contributed by atoms with E-state index in [9.17, 15) is 0 Å². The molecule has 6 nitrogen and oxygen atoms in total. The number of allylic oxidation sites excluding steroid dienone is 1. The molecule has 4 aromatic rings. The highest BCUT2D eigenvalue weighted by Crippen LogP contribution is 2.57. The molecule has 146 valence electrons. The number of thiophene rings is 4. The van der Waals surface area contributed by atoms with E-state index in [0.717, 1.165) is 20.0 Å². The Hall–Kier alpha value is -3.38. The van der Waals surface area contributed by atoms with Gasteiger partial charge in [0.25, 0.3) is 0 Å². The van der Waals surface area contributed by atoms with Gasteiger partial charge in [-0.05, 0) is 13.8 Å². The number of aliphatic imine (C=N–C) groups is 2. The average molecular weight is 473 g/mol. The predicted octanol–water partition coefficient (Wildman–Crippen LogP) is 7.34. The summed E-state index contributed by atoms with van der Waals surface area (Å²) in [5.74, 6) is -0.311. The lowest BCUT2D eigenvalue weighted by Crippen LogP contribution is -2.16. The normalized spacial score (nSPS) is 15.5. The highest BCUT2D eigenvalue weighted by Gasteiger charge is 2.40. The second-order valence-corrected chi connectivity index (χ2v) is 11.3. The number of amidine groups is 2. The fourth-order valence-corrected chi connectivity index (χ4v) is 9.60. The lowest BCUT2D eigenvalue weighted by atomic mass is 9.86. The van der Waals surface area contributed by atoms with Crippen molar-refractivity contribution in [3.8, 4) is 12.1 Å². The topological polar surface area (TPSA) is 81.0 Å². The minimum atomic E-state index is -0.394. The van der Waals surface area contributed by atoms with Crippen LogP contribution in [-0.4, -0.2) is 11.7 Å². The summed E-state index contributed by atoms with van der Waals surface area (Å²) in [6.07, 6.45) is 2.00. The minimum Gasteiger partial charge on any atom is -0.351 e. The van der Waals surface area contributed by atoms with Crippen LogP contribution in [0.2, 0.25) is 0 Å². The highest BCUT2D eigenvalue weighted by atomic mass is 32.1. The van der Waals surface area contributed by atoms with E-state index in [1.165, 1.54) is 35.7 Å². The molecule has 0 atom stereocenters. The van der Waals surface area contributed by atoms with Crippen molar-refractivity contribution in [2.45, 2.75) is 19.3 Å². The van der Waals surface area contributed by atoms with Gasteiger partial charge < -0.3 is 9.69 Å². The summed E-state index contributed by atoms with van der Waals surface area (Å²) in [7, 11) is 0. The zero-order valence-electron chi connectivity index (χ0n) is 16.0. The number of hydrogen-bond donors (Lipinski definition) is 0. The SMILES string of the molecule is [C-]#[N+]C(C#N)=NC1=Cc2sc3c(sc4c5sc(N=C(C#N)[N+]#[C-])cc5sc34)c2C1(C)C. The third-order valence-electron chi connectivity index (χ3n) is 5.00. The summed E-state index contributed by atoms with van der Waals surface area (Å²) in [5.41, 5.74) is 1.54. The Morgan fingerprint density at radius 1 is 0.903 bits per heavy atom. The van der Waals surface area contributed by atoms with Crippen molar-refractivity contribution in [1.82, 2.24) is 0 Å². The van der Waals surface area contributed by atoms with E-state index in [1.54, 1.807) is 34.0 Å². The van der Waals surface area contributed by atoms with E-state index in [0.29, 0.717) is 5.00 Å². The molecule has 10 heteroatoms. The summed E-state index contributed by atoms with van der Waals surface area (Å²) in [6.45, 7) is 18.3. The van der Waals surface area contributed by atoms with Crippen molar-refractivity contribution < 1.29 is 0 Å². The van der Waals surface area contributed by atoms with Crippen molar-refractivity contribution >= 4 is 96.3 Å². The molecule has 0 saturated carbocycles. The first kappa shape index (κ1) is 19.6. The highest BCUT2D eigenvalue weighted by molar-refractivity contribution is 7.45. The van der Waals surface area contributed by atoms with Crippen LogP contribution in [0.15, 0.2) is 21.7 Å². The maximum absolute atomic E-state index is 9.09. The van der Waals surface area contributed by atoms with Gasteiger partial charge in [0.15, 0.2) is 0 Å². The molecule has 0 spiro atoms. The molecule has 0 N–H and O–H groups in total. The van der Waals surface area contributed by atoms with Crippen molar-refractivity contribution in [2.75, 3.05) is 0 Å². The predicted molar refractivity (Wildman–Crippen MR) is 130 cm³/mol. The van der Waals surface area contributed by atoms with Crippen LogP contribution >= 0.6 is 45.3 Å². The molecule has 0 aliphatic heterocycles. The summed E-state index contributed by atoms with van der Waals surface area (Å²) in [6, 6.07) is 5.60. The first-order valence-electron chi connectivity index (χ1n) is 8.77. The molecule has 0 amide bonds. The molecule has 1 aliphatic carbocycles. The van der Waals surface area contributed by atoms with E-state index >= 15 is 0 Å². The maximum Gasteiger partial charge on any atom is 0.350 e. The molecule has 4 heterocycles. The van der Waals surface area contributed by atoms with Gasteiger partial charge >= 0.3 is 11.7 Å². The quantitative estimate of drug-likeness (QED) is 0.174. The van der Waals surface area contributed by atoms with Crippen LogP contribution in [0.5, 0.6) is 0 Å². The van der Waals surface area contributed by atoms with E-state index in [4.69, 9.17) is 23.7 Å².